The van der Waals surface area contributed by atoms with Gasteiger partial charge in [0.1, 0.15) is 11.8 Å². The van der Waals surface area contributed by atoms with Crippen molar-refractivity contribution in [3.63, 3.8) is 0 Å². The number of nitrogens with one attached hydrogen (secondary N) is 2. The first kappa shape index (κ1) is 21.4. The van der Waals surface area contributed by atoms with E-state index in [0.717, 1.165) is 26.4 Å². The summed E-state index contributed by atoms with van der Waals surface area (Å²) in [7, 11) is 1.61. The Morgan fingerprint density at radius 2 is 2.00 bits per heavy atom. The summed E-state index contributed by atoms with van der Waals surface area (Å²) in [6, 6.07) is 18.6. The van der Waals surface area contributed by atoms with Crippen LogP contribution in [-0.4, -0.2) is 27.8 Å². The molecule has 0 bridgehead atoms. The van der Waals surface area contributed by atoms with Gasteiger partial charge in [0.25, 0.3) is 5.91 Å². The number of rotatable bonds is 5. The molecule has 2 N–H and O–H groups in total. The Morgan fingerprint density at radius 1 is 1.18 bits per heavy atom. The third-order valence-corrected chi connectivity index (χ3v) is 6.71. The maximum Gasteiger partial charge on any atom is 0.255 e. The fourth-order valence-corrected chi connectivity index (χ4v) is 4.88. The number of thiophene rings is 1. The van der Waals surface area contributed by atoms with E-state index >= 15 is 0 Å². The molecule has 0 radical (unpaired) electrons. The average molecular weight is 522 g/mol. The van der Waals surface area contributed by atoms with Crippen molar-refractivity contribution in [1.82, 2.24) is 14.8 Å². The highest BCUT2D eigenvalue weighted by molar-refractivity contribution is 9.10. The molecule has 166 valence electrons. The zero-order chi connectivity index (χ0) is 22.9. The summed E-state index contributed by atoms with van der Waals surface area (Å²) in [6.07, 6.45) is 0. The van der Waals surface area contributed by atoms with Crippen LogP contribution in [0.15, 0.2) is 81.8 Å². The molecule has 0 spiro atoms. The number of allylic oxidation sites excluding steroid dienone is 1. The second-order valence-electron chi connectivity index (χ2n) is 7.48. The Hall–Kier alpha value is -3.43. The number of hydrogen-bond acceptors (Lipinski definition) is 6. The molecular formula is C24H20BrN5O2S. The number of hydrogen-bond donors (Lipinski definition) is 2. The first-order valence-electron chi connectivity index (χ1n) is 10.2. The summed E-state index contributed by atoms with van der Waals surface area (Å²) in [5.41, 5.74) is 2.90. The number of amides is 1. The van der Waals surface area contributed by atoms with Gasteiger partial charge >= 0.3 is 0 Å². The number of ether oxygens (including phenoxy) is 1. The average Bonchev–Trinajstić information content (AvgIpc) is 3.48. The number of aromatic nitrogens is 3. The van der Waals surface area contributed by atoms with E-state index in [1.54, 1.807) is 23.1 Å². The van der Waals surface area contributed by atoms with E-state index in [9.17, 15) is 4.79 Å². The molecule has 1 atom stereocenters. The Balaban J connectivity index is 1.57. The largest absolute Gasteiger partial charge is 0.497 e. The molecule has 5 rings (SSSR count). The maximum absolute atomic E-state index is 13.5. The number of benzene rings is 2. The lowest BCUT2D eigenvalue weighted by molar-refractivity contribution is -0.113. The lowest BCUT2D eigenvalue weighted by Crippen LogP contribution is -2.31. The van der Waals surface area contributed by atoms with Crippen LogP contribution in [0.25, 0.3) is 10.7 Å². The van der Waals surface area contributed by atoms with E-state index in [2.05, 4.69) is 26.6 Å². The van der Waals surface area contributed by atoms with E-state index in [1.807, 2.05) is 73.0 Å². The highest BCUT2D eigenvalue weighted by Crippen LogP contribution is 2.38. The van der Waals surface area contributed by atoms with Crippen LogP contribution in [0.4, 0.5) is 11.6 Å². The predicted molar refractivity (Wildman–Crippen MR) is 134 cm³/mol. The molecule has 1 amide bonds. The van der Waals surface area contributed by atoms with Gasteiger partial charge in [-0.25, -0.2) is 4.68 Å². The van der Waals surface area contributed by atoms with Crippen molar-refractivity contribution in [3.8, 4) is 16.5 Å². The quantitative estimate of drug-likeness (QED) is 0.351. The van der Waals surface area contributed by atoms with Gasteiger partial charge in [-0.3, -0.25) is 4.79 Å². The van der Waals surface area contributed by atoms with Crippen LogP contribution in [0.5, 0.6) is 5.75 Å². The molecule has 0 saturated carbocycles. The van der Waals surface area contributed by atoms with Gasteiger partial charge in [-0.2, -0.15) is 4.98 Å². The summed E-state index contributed by atoms with van der Waals surface area (Å²) in [4.78, 5) is 19.2. The van der Waals surface area contributed by atoms with Crippen molar-refractivity contribution in [2.45, 2.75) is 13.0 Å². The van der Waals surface area contributed by atoms with E-state index in [4.69, 9.17) is 14.8 Å². The molecule has 3 heterocycles. The number of carbonyl (C=O) groups excluding carboxylic acids is 1. The van der Waals surface area contributed by atoms with E-state index < -0.39 is 6.04 Å². The van der Waals surface area contributed by atoms with Gasteiger partial charge in [0, 0.05) is 15.9 Å². The fourth-order valence-electron chi connectivity index (χ4n) is 3.81. The molecule has 33 heavy (non-hydrogen) atoms. The number of fused-ring (bicyclic) bond motifs is 1. The summed E-state index contributed by atoms with van der Waals surface area (Å²) >= 11 is 5.13. The lowest BCUT2D eigenvalue weighted by atomic mass is 9.95. The van der Waals surface area contributed by atoms with E-state index in [-0.39, 0.29) is 5.91 Å². The molecule has 0 aliphatic carbocycles. The second kappa shape index (κ2) is 8.84. The van der Waals surface area contributed by atoms with Crippen molar-refractivity contribution in [2.24, 2.45) is 0 Å². The fraction of sp³-hybridized carbons (Fsp3) is 0.125. The minimum Gasteiger partial charge on any atom is -0.497 e. The summed E-state index contributed by atoms with van der Waals surface area (Å²) in [5, 5.41) is 13.1. The molecule has 9 heteroatoms. The van der Waals surface area contributed by atoms with Gasteiger partial charge in [0.2, 0.25) is 5.95 Å². The van der Waals surface area contributed by atoms with Gasteiger partial charge in [0.05, 0.1) is 17.6 Å². The van der Waals surface area contributed by atoms with Crippen LogP contribution in [0.3, 0.4) is 0 Å². The van der Waals surface area contributed by atoms with Gasteiger partial charge in [-0.1, -0.05) is 34.1 Å². The molecule has 0 saturated heterocycles. The summed E-state index contributed by atoms with van der Waals surface area (Å²) in [5.74, 6) is 1.73. The SMILES string of the molecule is COc1ccc(NC(=O)C2=C(C)Nc3nc(-c4cccs4)nn3[C@@H]2c2cccc(Br)c2)cc1. The second-order valence-corrected chi connectivity index (χ2v) is 9.35. The van der Waals surface area contributed by atoms with Crippen molar-refractivity contribution < 1.29 is 9.53 Å². The molecule has 1 aliphatic rings. The molecule has 7 nitrogen and oxygen atoms in total. The topological polar surface area (TPSA) is 81.1 Å². The number of halogens is 1. The first-order valence-corrected chi connectivity index (χ1v) is 11.9. The molecule has 0 fully saturated rings. The van der Waals surface area contributed by atoms with Crippen molar-refractivity contribution >= 4 is 44.8 Å². The van der Waals surface area contributed by atoms with Crippen LogP contribution < -0.4 is 15.4 Å². The monoisotopic (exact) mass is 521 g/mol. The normalized spacial score (nSPS) is 15.1. The van der Waals surface area contributed by atoms with Crippen LogP contribution in [-0.2, 0) is 4.79 Å². The van der Waals surface area contributed by atoms with Crippen molar-refractivity contribution in [1.29, 1.82) is 0 Å². The summed E-state index contributed by atoms with van der Waals surface area (Å²) in [6.45, 7) is 1.89. The number of nitrogens with zero attached hydrogens (tertiary/aromatic N) is 3. The zero-order valence-corrected chi connectivity index (χ0v) is 20.3. The standard InChI is InChI=1S/C24H20BrN5O2S/c1-14-20(23(31)27-17-8-10-18(32-2)11-9-17)21(15-5-3-6-16(25)13-15)30-24(26-14)28-22(29-30)19-7-4-12-33-19/h3-13,21H,1-2H3,(H,27,31)(H,26,28,29)/t21-/m1/s1. The third kappa shape index (κ3) is 4.17. The Kier molecular flexibility index (Phi) is 5.74. The smallest absolute Gasteiger partial charge is 0.255 e. The molecule has 2 aromatic heterocycles. The molecular weight excluding hydrogens is 502 g/mol. The first-order chi connectivity index (χ1) is 16.0. The number of carbonyl (C=O) groups is 1. The Bertz CT molecular complexity index is 1350. The Labute approximate surface area is 203 Å². The van der Waals surface area contributed by atoms with Gasteiger partial charge in [0.15, 0.2) is 5.82 Å². The number of anilines is 2. The minimum atomic E-state index is -0.446. The van der Waals surface area contributed by atoms with Gasteiger partial charge in [-0.05, 0) is 60.3 Å². The van der Waals surface area contributed by atoms with Crippen LogP contribution >= 0.6 is 27.3 Å². The van der Waals surface area contributed by atoms with Gasteiger partial charge in [-0.15, -0.1) is 16.4 Å². The van der Waals surface area contributed by atoms with Crippen molar-refractivity contribution in [3.05, 3.63) is 87.4 Å². The molecule has 2 aromatic carbocycles. The molecule has 1 aliphatic heterocycles. The van der Waals surface area contributed by atoms with Crippen LogP contribution in [0.2, 0.25) is 0 Å². The Morgan fingerprint density at radius 3 is 2.70 bits per heavy atom. The lowest BCUT2D eigenvalue weighted by Gasteiger charge is -2.28. The highest BCUT2D eigenvalue weighted by atomic mass is 79.9. The predicted octanol–water partition coefficient (Wildman–Crippen LogP) is 5.71. The van der Waals surface area contributed by atoms with Gasteiger partial charge < -0.3 is 15.4 Å². The third-order valence-electron chi connectivity index (χ3n) is 5.35. The maximum atomic E-state index is 13.5. The number of methoxy groups -OCH3 is 1. The van der Waals surface area contributed by atoms with E-state index in [1.165, 1.54) is 0 Å². The molecule has 4 aromatic rings. The molecule has 0 unspecified atom stereocenters. The van der Waals surface area contributed by atoms with Crippen LogP contribution in [0, 0.1) is 0 Å². The minimum absolute atomic E-state index is 0.214. The van der Waals surface area contributed by atoms with Crippen molar-refractivity contribution in [2.75, 3.05) is 17.7 Å². The van der Waals surface area contributed by atoms with Crippen LogP contribution in [0.1, 0.15) is 18.5 Å². The summed E-state index contributed by atoms with van der Waals surface area (Å²) < 4.78 is 7.92. The highest BCUT2D eigenvalue weighted by Gasteiger charge is 2.34. The zero-order valence-electron chi connectivity index (χ0n) is 17.9. The van der Waals surface area contributed by atoms with E-state index in [0.29, 0.717) is 23.0 Å².